The zero-order valence-electron chi connectivity index (χ0n) is 9.47. The summed E-state index contributed by atoms with van der Waals surface area (Å²) in [5, 5.41) is 7.40. The van der Waals surface area contributed by atoms with Crippen molar-refractivity contribution in [2.24, 2.45) is 0 Å². The molecule has 96 valence electrons. The molecule has 1 heterocycles. The maximum Gasteiger partial charge on any atom is 0.296 e. The van der Waals surface area contributed by atoms with Crippen molar-refractivity contribution in [3.8, 4) is 0 Å². The minimum Gasteiger partial charge on any atom is -0.381 e. The first-order chi connectivity index (χ1) is 8.04. The highest BCUT2D eigenvalue weighted by Crippen LogP contribution is 2.38. The molecule has 1 aromatic rings. The molecule has 0 atom stereocenters. The van der Waals surface area contributed by atoms with Crippen molar-refractivity contribution in [2.75, 3.05) is 13.2 Å². The van der Waals surface area contributed by atoms with Gasteiger partial charge in [-0.15, -0.1) is 10.2 Å². The van der Waals surface area contributed by atoms with Crippen LogP contribution in [0.15, 0.2) is 5.16 Å². The molecule has 0 unspecified atom stereocenters. The average Bonchev–Trinajstić information content (AvgIpc) is 2.98. The molecule has 0 N–H and O–H groups in total. The first-order valence-corrected chi connectivity index (χ1v) is 7.81. The van der Waals surface area contributed by atoms with E-state index in [9.17, 15) is 8.42 Å². The minimum absolute atomic E-state index is 0.145. The number of aromatic nitrogens is 3. The Labute approximate surface area is 104 Å². The van der Waals surface area contributed by atoms with Crippen molar-refractivity contribution >= 4 is 19.7 Å². The molecule has 0 saturated heterocycles. The van der Waals surface area contributed by atoms with Gasteiger partial charge in [-0.2, -0.15) is 0 Å². The smallest absolute Gasteiger partial charge is 0.296 e. The van der Waals surface area contributed by atoms with Crippen LogP contribution in [0.5, 0.6) is 0 Å². The summed E-state index contributed by atoms with van der Waals surface area (Å²) in [6.45, 7) is 3.03. The number of hydrogen-bond donors (Lipinski definition) is 0. The van der Waals surface area contributed by atoms with Crippen molar-refractivity contribution in [2.45, 2.75) is 37.4 Å². The van der Waals surface area contributed by atoms with Crippen molar-refractivity contribution in [3.05, 3.63) is 5.82 Å². The molecular weight excluding hydrogens is 266 g/mol. The molecule has 17 heavy (non-hydrogen) atoms. The van der Waals surface area contributed by atoms with Crippen molar-refractivity contribution < 1.29 is 13.2 Å². The van der Waals surface area contributed by atoms with Gasteiger partial charge >= 0.3 is 0 Å². The van der Waals surface area contributed by atoms with Gasteiger partial charge in [0, 0.05) is 29.8 Å². The molecule has 0 bridgehead atoms. The molecule has 0 amide bonds. The lowest BCUT2D eigenvalue weighted by atomic mass is 10.4. The molecule has 1 aromatic heterocycles. The average molecular weight is 280 g/mol. The van der Waals surface area contributed by atoms with Crippen molar-refractivity contribution in [1.82, 2.24) is 14.8 Å². The van der Waals surface area contributed by atoms with Crippen LogP contribution in [-0.2, 0) is 20.2 Å². The van der Waals surface area contributed by atoms with Gasteiger partial charge in [-0.1, -0.05) is 0 Å². The van der Waals surface area contributed by atoms with E-state index in [2.05, 4.69) is 10.2 Å². The molecule has 6 nitrogen and oxygen atoms in total. The van der Waals surface area contributed by atoms with Gasteiger partial charge in [0.15, 0.2) is 0 Å². The van der Waals surface area contributed by atoms with E-state index in [1.165, 1.54) is 0 Å². The molecule has 1 aliphatic carbocycles. The zero-order valence-corrected chi connectivity index (χ0v) is 11.0. The zero-order chi connectivity index (χ0) is 12.5. The van der Waals surface area contributed by atoms with Crippen LogP contribution >= 0.6 is 10.7 Å². The van der Waals surface area contributed by atoms with E-state index in [1.807, 2.05) is 6.92 Å². The Morgan fingerprint density at radius 3 is 2.71 bits per heavy atom. The normalized spacial score (nSPS) is 16.4. The second kappa shape index (κ2) is 4.91. The molecule has 2 rings (SSSR count). The molecular formula is C9H14ClN3O3S. The van der Waals surface area contributed by atoms with Crippen LogP contribution in [0.4, 0.5) is 0 Å². The van der Waals surface area contributed by atoms with E-state index in [0.717, 1.165) is 12.8 Å². The predicted octanol–water partition coefficient (Wildman–Crippen LogP) is 1.12. The fraction of sp³-hybridized carbons (Fsp3) is 0.778. The monoisotopic (exact) mass is 279 g/mol. The molecule has 0 aromatic carbocycles. The third kappa shape index (κ3) is 2.97. The number of ether oxygens (including phenoxy) is 1. The van der Waals surface area contributed by atoms with Crippen molar-refractivity contribution in [1.29, 1.82) is 0 Å². The van der Waals surface area contributed by atoms with Gasteiger partial charge in [0.2, 0.25) is 0 Å². The Hall–Kier alpha value is -0.660. The summed E-state index contributed by atoms with van der Waals surface area (Å²) in [6, 6.07) is 0.171. The highest BCUT2D eigenvalue weighted by atomic mass is 35.7. The second-order valence-corrected chi connectivity index (χ2v) is 6.34. The third-order valence-electron chi connectivity index (χ3n) is 2.54. The Morgan fingerprint density at radius 2 is 2.18 bits per heavy atom. The fourth-order valence-corrected chi connectivity index (χ4v) is 2.59. The van der Waals surface area contributed by atoms with E-state index >= 15 is 0 Å². The predicted molar refractivity (Wildman–Crippen MR) is 61.5 cm³/mol. The Morgan fingerprint density at radius 1 is 1.47 bits per heavy atom. The van der Waals surface area contributed by atoms with Crippen LogP contribution in [0.1, 0.15) is 31.6 Å². The second-order valence-electron chi connectivity index (χ2n) is 3.88. The van der Waals surface area contributed by atoms with Crippen LogP contribution < -0.4 is 0 Å². The summed E-state index contributed by atoms with van der Waals surface area (Å²) in [5.74, 6) is 0.625. The minimum atomic E-state index is -3.83. The van der Waals surface area contributed by atoms with Gasteiger partial charge in [-0.25, -0.2) is 8.42 Å². The maximum atomic E-state index is 11.3. The van der Waals surface area contributed by atoms with Crippen LogP contribution in [0.25, 0.3) is 0 Å². The summed E-state index contributed by atoms with van der Waals surface area (Å²) >= 11 is 0. The summed E-state index contributed by atoms with van der Waals surface area (Å²) < 4.78 is 29.5. The largest absolute Gasteiger partial charge is 0.381 e. The summed E-state index contributed by atoms with van der Waals surface area (Å²) in [7, 11) is 1.50. The van der Waals surface area contributed by atoms with Crippen LogP contribution in [-0.4, -0.2) is 36.4 Å². The van der Waals surface area contributed by atoms with E-state index in [4.69, 9.17) is 15.4 Å². The lowest BCUT2D eigenvalue weighted by molar-refractivity contribution is 0.148. The quantitative estimate of drug-likeness (QED) is 0.576. The topological polar surface area (TPSA) is 74.1 Å². The number of rotatable bonds is 6. The molecule has 1 aliphatic rings. The highest BCUT2D eigenvalue weighted by Gasteiger charge is 2.33. The number of halogens is 1. The molecule has 0 aliphatic heterocycles. The molecule has 8 heteroatoms. The Kier molecular flexibility index (Phi) is 3.70. The third-order valence-corrected chi connectivity index (χ3v) is 3.67. The van der Waals surface area contributed by atoms with Gasteiger partial charge in [-0.3, -0.25) is 4.57 Å². The lowest BCUT2D eigenvalue weighted by Crippen LogP contribution is -2.10. The van der Waals surface area contributed by atoms with Gasteiger partial charge in [0.25, 0.3) is 14.2 Å². The van der Waals surface area contributed by atoms with Gasteiger partial charge in [-0.05, 0) is 19.8 Å². The Balaban J connectivity index is 2.24. The van der Waals surface area contributed by atoms with E-state index in [0.29, 0.717) is 25.5 Å². The fourth-order valence-electron chi connectivity index (χ4n) is 1.65. The number of nitrogens with zero attached hydrogens (tertiary/aromatic N) is 3. The van der Waals surface area contributed by atoms with E-state index in [1.54, 1.807) is 4.57 Å². The molecule has 1 fully saturated rings. The molecule has 0 radical (unpaired) electrons. The van der Waals surface area contributed by atoms with E-state index in [-0.39, 0.29) is 11.2 Å². The standard InChI is InChI=1S/C9H14ClN3O3S/c1-2-16-6-5-8-11-12-9(17(10,14)15)13(8)7-3-4-7/h7H,2-6H2,1H3. The summed E-state index contributed by atoms with van der Waals surface area (Å²) in [5.41, 5.74) is 0. The first-order valence-electron chi connectivity index (χ1n) is 5.50. The van der Waals surface area contributed by atoms with Gasteiger partial charge in [0.05, 0.1) is 6.61 Å². The van der Waals surface area contributed by atoms with E-state index < -0.39 is 9.05 Å². The molecule has 0 spiro atoms. The first kappa shape index (κ1) is 12.8. The summed E-state index contributed by atoms with van der Waals surface area (Å²) in [4.78, 5) is 0. The lowest BCUT2D eigenvalue weighted by Gasteiger charge is -2.06. The van der Waals surface area contributed by atoms with Crippen LogP contribution in [0.3, 0.4) is 0 Å². The maximum absolute atomic E-state index is 11.3. The van der Waals surface area contributed by atoms with Crippen molar-refractivity contribution in [3.63, 3.8) is 0 Å². The van der Waals surface area contributed by atoms with Crippen LogP contribution in [0, 0.1) is 0 Å². The molecule has 1 saturated carbocycles. The number of hydrogen-bond acceptors (Lipinski definition) is 5. The van der Waals surface area contributed by atoms with Crippen LogP contribution in [0.2, 0.25) is 0 Å². The Bertz CT molecular complexity index is 496. The van der Waals surface area contributed by atoms with Gasteiger partial charge in [0.1, 0.15) is 5.82 Å². The SMILES string of the molecule is CCOCCc1nnc(S(=O)(=O)Cl)n1C1CC1. The van der Waals surface area contributed by atoms with Gasteiger partial charge < -0.3 is 4.74 Å². The summed E-state index contributed by atoms with van der Waals surface area (Å²) in [6.07, 6.45) is 2.43. The highest BCUT2D eigenvalue weighted by molar-refractivity contribution is 8.13.